The van der Waals surface area contributed by atoms with Gasteiger partial charge in [0.2, 0.25) is 17.7 Å². The van der Waals surface area contributed by atoms with Crippen molar-refractivity contribution in [3.63, 3.8) is 0 Å². The molecule has 1 aromatic heterocycles. The van der Waals surface area contributed by atoms with Gasteiger partial charge in [-0.05, 0) is 24.1 Å². The summed E-state index contributed by atoms with van der Waals surface area (Å²) in [6, 6.07) is 3.37. The van der Waals surface area contributed by atoms with Crippen LogP contribution in [0.5, 0.6) is 0 Å². The SMILES string of the molecule is CC(=O)Nc1cc(C2CCC(=O)NC2=O)ccn1. The number of hydrogen-bond donors (Lipinski definition) is 2. The number of aromatic nitrogens is 1. The van der Waals surface area contributed by atoms with Crippen LogP contribution in [0.1, 0.15) is 31.2 Å². The molecule has 0 spiro atoms. The fraction of sp³-hybridized carbons (Fsp3) is 0.333. The van der Waals surface area contributed by atoms with Gasteiger partial charge in [0.05, 0.1) is 5.92 Å². The maximum atomic E-state index is 11.7. The van der Waals surface area contributed by atoms with Crippen LogP contribution in [0.25, 0.3) is 0 Å². The Bertz CT molecular complexity index is 513. The van der Waals surface area contributed by atoms with Crippen LogP contribution >= 0.6 is 0 Å². The predicted octanol–water partition coefficient (Wildman–Crippen LogP) is 0.560. The van der Waals surface area contributed by atoms with Gasteiger partial charge in [0.25, 0.3) is 0 Å². The fourth-order valence-electron chi connectivity index (χ4n) is 1.92. The number of pyridine rings is 1. The molecular weight excluding hydrogens is 234 g/mol. The van der Waals surface area contributed by atoms with Gasteiger partial charge in [-0.3, -0.25) is 19.7 Å². The van der Waals surface area contributed by atoms with Crippen molar-refractivity contribution >= 4 is 23.5 Å². The Morgan fingerprint density at radius 1 is 1.50 bits per heavy atom. The maximum Gasteiger partial charge on any atom is 0.234 e. The Labute approximate surface area is 104 Å². The average molecular weight is 247 g/mol. The predicted molar refractivity (Wildman–Crippen MR) is 63.7 cm³/mol. The molecule has 0 bridgehead atoms. The van der Waals surface area contributed by atoms with Gasteiger partial charge >= 0.3 is 0 Å². The van der Waals surface area contributed by atoms with Crippen molar-refractivity contribution in [2.75, 3.05) is 5.32 Å². The number of imide groups is 1. The highest BCUT2D eigenvalue weighted by Gasteiger charge is 2.28. The number of nitrogens with zero attached hydrogens (tertiary/aromatic N) is 1. The molecule has 1 fully saturated rings. The normalized spacial score (nSPS) is 19.3. The maximum absolute atomic E-state index is 11.7. The molecular formula is C12H13N3O3. The molecule has 2 rings (SSSR count). The number of carbonyl (C=O) groups is 3. The van der Waals surface area contributed by atoms with Crippen molar-refractivity contribution in [1.29, 1.82) is 0 Å². The molecule has 2 heterocycles. The summed E-state index contributed by atoms with van der Waals surface area (Å²) in [5.74, 6) is -0.718. The van der Waals surface area contributed by atoms with Crippen molar-refractivity contribution in [2.45, 2.75) is 25.7 Å². The summed E-state index contributed by atoms with van der Waals surface area (Å²) in [6.07, 6.45) is 2.34. The Hall–Kier alpha value is -2.24. The van der Waals surface area contributed by atoms with E-state index in [0.717, 1.165) is 5.56 Å². The summed E-state index contributed by atoms with van der Waals surface area (Å²) in [5, 5.41) is 4.86. The summed E-state index contributed by atoms with van der Waals surface area (Å²) in [4.78, 5) is 37.7. The zero-order valence-electron chi connectivity index (χ0n) is 9.90. The minimum atomic E-state index is -0.363. The third-order valence-corrected chi connectivity index (χ3v) is 2.73. The molecule has 1 aliphatic heterocycles. The first-order chi connectivity index (χ1) is 8.56. The van der Waals surface area contributed by atoms with Gasteiger partial charge in [0.15, 0.2) is 0 Å². The molecule has 0 aliphatic carbocycles. The summed E-state index contributed by atoms with van der Waals surface area (Å²) in [6.45, 7) is 1.39. The molecule has 1 saturated heterocycles. The van der Waals surface area contributed by atoms with Gasteiger partial charge in [-0.1, -0.05) is 0 Å². The van der Waals surface area contributed by atoms with Crippen molar-refractivity contribution in [3.8, 4) is 0 Å². The van der Waals surface area contributed by atoms with E-state index < -0.39 is 0 Å². The van der Waals surface area contributed by atoms with Crippen molar-refractivity contribution in [1.82, 2.24) is 10.3 Å². The van der Waals surface area contributed by atoms with E-state index in [0.29, 0.717) is 18.7 Å². The molecule has 1 unspecified atom stereocenters. The van der Waals surface area contributed by atoms with E-state index in [-0.39, 0.29) is 23.6 Å². The molecule has 18 heavy (non-hydrogen) atoms. The van der Waals surface area contributed by atoms with E-state index in [9.17, 15) is 14.4 Å². The van der Waals surface area contributed by atoms with E-state index in [1.165, 1.54) is 13.1 Å². The van der Waals surface area contributed by atoms with Crippen molar-refractivity contribution in [3.05, 3.63) is 23.9 Å². The molecule has 0 radical (unpaired) electrons. The summed E-state index contributed by atoms with van der Waals surface area (Å²) in [7, 11) is 0. The first-order valence-electron chi connectivity index (χ1n) is 5.63. The van der Waals surface area contributed by atoms with E-state index in [4.69, 9.17) is 0 Å². The summed E-state index contributed by atoms with van der Waals surface area (Å²) >= 11 is 0. The number of nitrogens with one attached hydrogen (secondary N) is 2. The summed E-state index contributed by atoms with van der Waals surface area (Å²) < 4.78 is 0. The number of carbonyl (C=O) groups excluding carboxylic acids is 3. The van der Waals surface area contributed by atoms with Crippen LogP contribution in [0.3, 0.4) is 0 Å². The Kier molecular flexibility index (Phi) is 3.36. The number of hydrogen-bond acceptors (Lipinski definition) is 4. The second kappa shape index (κ2) is 4.95. The van der Waals surface area contributed by atoms with Gasteiger partial charge in [0, 0.05) is 19.5 Å². The van der Waals surface area contributed by atoms with Crippen LogP contribution in [-0.2, 0) is 14.4 Å². The lowest BCUT2D eigenvalue weighted by Gasteiger charge is -2.21. The largest absolute Gasteiger partial charge is 0.311 e. The second-order valence-electron chi connectivity index (χ2n) is 4.16. The molecule has 2 N–H and O–H groups in total. The summed E-state index contributed by atoms with van der Waals surface area (Å²) in [5.41, 5.74) is 0.749. The minimum absolute atomic E-state index is 0.220. The van der Waals surface area contributed by atoms with Crippen LogP contribution in [0, 0.1) is 0 Å². The quantitative estimate of drug-likeness (QED) is 0.747. The van der Waals surface area contributed by atoms with Crippen molar-refractivity contribution in [2.24, 2.45) is 0 Å². The van der Waals surface area contributed by atoms with Crippen LogP contribution in [-0.4, -0.2) is 22.7 Å². The van der Waals surface area contributed by atoms with Crippen LogP contribution in [0.2, 0.25) is 0 Å². The molecule has 6 nitrogen and oxygen atoms in total. The monoisotopic (exact) mass is 247 g/mol. The highest BCUT2D eigenvalue weighted by molar-refractivity contribution is 6.01. The van der Waals surface area contributed by atoms with Gasteiger partial charge < -0.3 is 5.32 Å². The topological polar surface area (TPSA) is 88.2 Å². The number of piperidine rings is 1. The Morgan fingerprint density at radius 2 is 2.28 bits per heavy atom. The number of amides is 3. The van der Waals surface area contributed by atoms with Gasteiger partial charge in [-0.15, -0.1) is 0 Å². The standard InChI is InChI=1S/C12H13N3O3/c1-7(16)14-10-6-8(4-5-13-10)9-2-3-11(17)15-12(9)18/h4-6,9H,2-3H2,1H3,(H,13,14,16)(H,15,17,18). The molecule has 1 aliphatic rings. The van der Waals surface area contributed by atoms with Gasteiger partial charge in [-0.2, -0.15) is 0 Å². The first kappa shape index (κ1) is 12.2. The zero-order valence-corrected chi connectivity index (χ0v) is 9.90. The number of anilines is 1. The highest BCUT2D eigenvalue weighted by Crippen LogP contribution is 2.25. The van der Waals surface area contributed by atoms with Gasteiger partial charge in [-0.25, -0.2) is 4.98 Å². The molecule has 3 amide bonds. The van der Waals surface area contributed by atoms with Gasteiger partial charge in [0.1, 0.15) is 5.82 Å². The minimum Gasteiger partial charge on any atom is -0.311 e. The van der Waals surface area contributed by atoms with Crippen LogP contribution < -0.4 is 10.6 Å². The smallest absolute Gasteiger partial charge is 0.234 e. The lowest BCUT2D eigenvalue weighted by atomic mass is 9.91. The van der Waals surface area contributed by atoms with E-state index >= 15 is 0 Å². The lowest BCUT2D eigenvalue weighted by molar-refractivity contribution is -0.134. The van der Waals surface area contributed by atoms with E-state index in [2.05, 4.69) is 15.6 Å². The molecule has 6 heteroatoms. The molecule has 94 valence electrons. The Morgan fingerprint density at radius 3 is 2.94 bits per heavy atom. The molecule has 1 aromatic rings. The van der Waals surface area contributed by atoms with Crippen LogP contribution in [0.15, 0.2) is 18.3 Å². The van der Waals surface area contributed by atoms with E-state index in [1.807, 2.05) is 0 Å². The Balaban J connectivity index is 2.20. The van der Waals surface area contributed by atoms with Crippen LogP contribution in [0.4, 0.5) is 5.82 Å². The first-order valence-corrected chi connectivity index (χ1v) is 5.63. The fourth-order valence-corrected chi connectivity index (χ4v) is 1.92. The average Bonchev–Trinajstić information content (AvgIpc) is 2.28. The zero-order chi connectivity index (χ0) is 13.1. The lowest BCUT2D eigenvalue weighted by Crippen LogP contribution is -2.39. The van der Waals surface area contributed by atoms with Crippen molar-refractivity contribution < 1.29 is 14.4 Å². The molecule has 0 saturated carbocycles. The second-order valence-corrected chi connectivity index (χ2v) is 4.16. The third kappa shape index (κ3) is 2.71. The highest BCUT2D eigenvalue weighted by atomic mass is 16.2. The van der Waals surface area contributed by atoms with E-state index in [1.54, 1.807) is 12.1 Å². The number of rotatable bonds is 2. The molecule has 0 aromatic carbocycles. The molecule has 1 atom stereocenters. The third-order valence-electron chi connectivity index (χ3n) is 2.73.